The average molecular weight is 172 g/mol. The lowest BCUT2D eigenvalue weighted by Gasteiger charge is -2.20. The Morgan fingerprint density at radius 1 is 1.73 bits per heavy atom. The Labute approximate surface area is 70.2 Å². The van der Waals surface area contributed by atoms with E-state index in [0.29, 0.717) is 5.15 Å². The molecule has 0 unspecified atom stereocenters. The van der Waals surface area contributed by atoms with Crippen LogP contribution in [0.5, 0.6) is 0 Å². The van der Waals surface area contributed by atoms with E-state index in [2.05, 4.69) is 4.98 Å². The first kappa shape index (κ1) is 7.13. The first-order chi connectivity index (χ1) is 5.27. The number of aryl methyl sites for hydroxylation is 1. The van der Waals surface area contributed by atoms with Gasteiger partial charge in [0.05, 0.1) is 6.20 Å². The Bertz CT molecular complexity index is 269. The predicted molar refractivity (Wildman–Crippen MR) is 43.5 cm³/mol. The number of nitrogens with zero attached hydrogens (tertiary/aromatic N) is 2. The quantitative estimate of drug-likeness (QED) is 0.628. The number of hydrogen-bond acceptors (Lipinski definition) is 2. The third kappa shape index (κ3) is 1.14. The predicted octanol–water partition coefficient (Wildman–Crippen LogP) is 0.810. The minimum absolute atomic E-state index is 0.245. The fraction of sp³-hybridized carbons (Fsp3) is 0.571. The van der Waals surface area contributed by atoms with Gasteiger partial charge in [-0.3, -0.25) is 0 Å². The van der Waals surface area contributed by atoms with Gasteiger partial charge in [0.1, 0.15) is 11.0 Å². The lowest BCUT2D eigenvalue weighted by Crippen LogP contribution is -2.31. The molecule has 11 heavy (non-hydrogen) atoms. The first-order valence-corrected chi connectivity index (χ1v) is 4.10. The Morgan fingerprint density at radius 2 is 2.55 bits per heavy atom. The molecular weight excluding hydrogens is 162 g/mol. The van der Waals surface area contributed by atoms with Crippen molar-refractivity contribution in [1.29, 1.82) is 0 Å². The average Bonchev–Trinajstić information content (AvgIpc) is 2.33. The molecule has 1 aliphatic rings. The summed E-state index contributed by atoms with van der Waals surface area (Å²) >= 11 is 5.87. The number of aromatic nitrogens is 2. The summed E-state index contributed by atoms with van der Waals surface area (Å²) in [4.78, 5) is 4.17. The number of imidazole rings is 1. The van der Waals surface area contributed by atoms with Gasteiger partial charge in [-0.25, -0.2) is 4.98 Å². The fourth-order valence-electron chi connectivity index (χ4n) is 1.42. The van der Waals surface area contributed by atoms with E-state index in [1.54, 1.807) is 6.20 Å². The van der Waals surface area contributed by atoms with Crippen LogP contribution in [-0.4, -0.2) is 15.6 Å². The van der Waals surface area contributed by atoms with Gasteiger partial charge in [0, 0.05) is 19.0 Å². The summed E-state index contributed by atoms with van der Waals surface area (Å²) in [7, 11) is 0. The second kappa shape index (κ2) is 2.50. The van der Waals surface area contributed by atoms with Crippen LogP contribution in [0.3, 0.4) is 0 Å². The smallest absolute Gasteiger partial charge is 0.128 e. The van der Waals surface area contributed by atoms with Gasteiger partial charge in [-0.15, -0.1) is 0 Å². The van der Waals surface area contributed by atoms with Crippen molar-refractivity contribution in [3.63, 3.8) is 0 Å². The molecule has 0 radical (unpaired) electrons. The summed E-state index contributed by atoms with van der Waals surface area (Å²) in [5.41, 5.74) is 5.77. The Kier molecular flexibility index (Phi) is 1.62. The van der Waals surface area contributed by atoms with Crippen molar-refractivity contribution in [2.45, 2.75) is 25.4 Å². The largest absolute Gasteiger partial charge is 0.326 e. The summed E-state index contributed by atoms with van der Waals surface area (Å²) in [5.74, 6) is 1.07. The number of fused-ring (bicyclic) bond motifs is 1. The Morgan fingerprint density at radius 3 is 3.36 bits per heavy atom. The number of nitrogens with two attached hydrogens (primary N) is 1. The zero-order valence-electron chi connectivity index (χ0n) is 6.13. The maximum Gasteiger partial charge on any atom is 0.128 e. The van der Waals surface area contributed by atoms with Crippen molar-refractivity contribution in [2.24, 2.45) is 5.73 Å². The second-order valence-corrected chi connectivity index (χ2v) is 3.29. The highest BCUT2D eigenvalue weighted by Gasteiger charge is 2.17. The van der Waals surface area contributed by atoms with Crippen molar-refractivity contribution in [3.8, 4) is 0 Å². The highest BCUT2D eigenvalue weighted by atomic mass is 35.5. The molecule has 60 valence electrons. The summed E-state index contributed by atoms with van der Waals surface area (Å²) in [5, 5.41) is 0.704. The molecule has 1 atom stereocenters. The summed E-state index contributed by atoms with van der Waals surface area (Å²) in [6.07, 6.45) is 3.66. The molecule has 0 aromatic carbocycles. The van der Waals surface area contributed by atoms with Crippen LogP contribution in [-0.2, 0) is 13.0 Å². The van der Waals surface area contributed by atoms with Crippen LogP contribution in [0.4, 0.5) is 0 Å². The van der Waals surface area contributed by atoms with Crippen molar-refractivity contribution in [2.75, 3.05) is 0 Å². The van der Waals surface area contributed by atoms with Gasteiger partial charge in [0.2, 0.25) is 0 Å². The molecule has 4 heteroatoms. The van der Waals surface area contributed by atoms with Gasteiger partial charge in [0.25, 0.3) is 0 Å². The zero-order chi connectivity index (χ0) is 7.84. The molecule has 0 saturated carbocycles. The van der Waals surface area contributed by atoms with Gasteiger partial charge < -0.3 is 10.3 Å². The van der Waals surface area contributed by atoms with Crippen molar-refractivity contribution in [1.82, 2.24) is 9.55 Å². The van der Waals surface area contributed by atoms with Gasteiger partial charge in [-0.2, -0.15) is 0 Å². The molecule has 2 rings (SSSR count). The maximum atomic E-state index is 5.87. The highest BCUT2D eigenvalue weighted by Crippen LogP contribution is 2.18. The van der Waals surface area contributed by atoms with E-state index < -0.39 is 0 Å². The van der Waals surface area contributed by atoms with Crippen LogP contribution >= 0.6 is 11.6 Å². The standard InChI is InChI=1S/C7H10ClN3/c8-6-3-10-7-2-1-5(9)4-11(6)7/h3,5H,1-2,4,9H2/t5-/m1/s1. The van der Waals surface area contributed by atoms with E-state index >= 15 is 0 Å². The van der Waals surface area contributed by atoms with E-state index in [0.717, 1.165) is 25.2 Å². The molecule has 0 spiro atoms. The van der Waals surface area contributed by atoms with E-state index in [1.807, 2.05) is 4.57 Å². The molecule has 2 N–H and O–H groups in total. The Hall–Kier alpha value is -0.540. The molecule has 1 aromatic heterocycles. The van der Waals surface area contributed by atoms with Gasteiger partial charge in [-0.1, -0.05) is 11.6 Å². The van der Waals surface area contributed by atoms with Crippen molar-refractivity contribution in [3.05, 3.63) is 17.2 Å². The van der Waals surface area contributed by atoms with Crippen LogP contribution in [0.2, 0.25) is 5.15 Å². The molecule has 0 bridgehead atoms. The molecule has 0 amide bonds. The van der Waals surface area contributed by atoms with Crippen molar-refractivity contribution < 1.29 is 0 Å². The highest BCUT2D eigenvalue weighted by molar-refractivity contribution is 6.29. The molecule has 1 aliphatic heterocycles. The topological polar surface area (TPSA) is 43.8 Å². The molecule has 1 aromatic rings. The van der Waals surface area contributed by atoms with Crippen molar-refractivity contribution >= 4 is 11.6 Å². The fourth-order valence-corrected chi connectivity index (χ4v) is 1.64. The Balaban J connectivity index is 2.37. The van der Waals surface area contributed by atoms with E-state index in [9.17, 15) is 0 Å². The molecule has 3 nitrogen and oxygen atoms in total. The van der Waals surface area contributed by atoms with Crippen LogP contribution in [0.25, 0.3) is 0 Å². The number of hydrogen-bond donors (Lipinski definition) is 1. The molecule has 0 aliphatic carbocycles. The summed E-state index contributed by atoms with van der Waals surface area (Å²) in [6, 6.07) is 0.245. The normalized spacial score (nSPS) is 23.3. The minimum atomic E-state index is 0.245. The second-order valence-electron chi connectivity index (χ2n) is 2.91. The molecule has 2 heterocycles. The number of halogens is 1. The van der Waals surface area contributed by atoms with Crippen LogP contribution in [0.15, 0.2) is 6.20 Å². The van der Waals surface area contributed by atoms with E-state index in [1.165, 1.54) is 0 Å². The molecule has 0 saturated heterocycles. The van der Waals surface area contributed by atoms with Gasteiger partial charge >= 0.3 is 0 Å². The van der Waals surface area contributed by atoms with Crippen LogP contribution in [0, 0.1) is 0 Å². The monoisotopic (exact) mass is 171 g/mol. The SMILES string of the molecule is N[C@@H]1CCc2ncc(Cl)n2C1. The lowest BCUT2D eigenvalue weighted by atomic mass is 10.1. The lowest BCUT2D eigenvalue weighted by molar-refractivity contribution is 0.454. The summed E-state index contributed by atoms with van der Waals surface area (Å²) < 4.78 is 1.98. The van der Waals surface area contributed by atoms with Crippen LogP contribution < -0.4 is 5.73 Å². The van der Waals surface area contributed by atoms with E-state index in [-0.39, 0.29) is 6.04 Å². The number of rotatable bonds is 0. The van der Waals surface area contributed by atoms with E-state index in [4.69, 9.17) is 17.3 Å². The molecular formula is C7H10ClN3. The van der Waals surface area contributed by atoms with Gasteiger partial charge in [0.15, 0.2) is 0 Å². The third-order valence-corrected chi connectivity index (χ3v) is 2.35. The third-order valence-electron chi connectivity index (χ3n) is 2.05. The van der Waals surface area contributed by atoms with Crippen LogP contribution in [0.1, 0.15) is 12.2 Å². The molecule has 0 fully saturated rings. The first-order valence-electron chi connectivity index (χ1n) is 3.73. The minimum Gasteiger partial charge on any atom is -0.326 e. The maximum absolute atomic E-state index is 5.87. The zero-order valence-corrected chi connectivity index (χ0v) is 6.88. The van der Waals surface area contributed by atoms with Gasteiger partial charge in [-0.05, 0) is 6.42 Å². The summed E-state index contributed by atoms with van der Waals surface area (Å²) in [6.45, 7) is 0.814.